The average molecular weight is 256 g/mol. The molecule has 1 saturated heterocycles. The molecule has 1 N–H and O–H groups in total. The number of hydrogen-bond donors (Lipinski definition) is 1. The second-order valence-corrected chi connectivity index (χ2v) is 6.56. The predicted molar refractivity (Wildman–Crippen MR) is 78.0 cm³/mol. The van der Waals surface area contributed by atoms with E-state index >= 15 is 0 Å². The largest absolute Gasteiger partial charge is 0.382 e. The molecule has 0 spiro atoms. The van der Waals surface area contributed by atoms with Gasteiger partial charge >= 0.3 is 0 Å². The molecule has 1 fully saturated rings. The van der Waals surface area contributed by atoms with Gasteiger partial charge in [-0.15, -0.1) is 0 Å². The summed E-state index contributed by atoms with van der Waals surface area (Å²) >= 11 is 0. The number of nitrogens with one attached hydrogen (secondary N) is 1. The van der Waals surface area contributed by atoms with E-state index in [9.17, 15) is 0 Å². The SMILES string of the molecule is CCOCCCN1CC(C(C)(C)C)NCCC1C. The van der Waals surface area contributed by atoms with Crippen molar-refractivity contribution in [2.24, 2.45) is 5.41 Å². The minimum atomic E-state index is 0.336. The van der Waals surface area contributed by atoms with E-state index in [0.717, 1.165) is 39.3 Å². The van der Waals surface area contributed by atoms with E-state index in [1.54, 1.807) is 0 Å². The van der Waals surface area contributed by atoms with Gasteiger partial charge in [0.15, 0.2) is 0 Å². The summed E-state index contributed by atoms with van der Waals surface area (Å²) in [5, 5.41) is 3.71. The monoisotopic (exact) mass is 256 g/mol. The Bertz CT molecular complexity index is 225. The summed E-state index contributed by atoms with van der Waals surface area (Å²) in [7, 11) is 0. The Morgan fingerprint density at radius 1 is 1.33 bits per heavy atom. The fraction of sp³-hybridized carbons (Fsp3) is 1.00. The molecule has 3 heteroatoms. The molecule has 1 aliphatic rings. The van der Waals surface area contributed by atoms with E-state index in [1.807, 2.05) is 0 Å². The van der Waals surface area contributed by atoms with Crippen LogP contribution in [0.15, 0.2) is 0 Å². The molecule has 108 valence electrons. The molecule has 0 aliphatic carbocycles. The highest BCUT2D eigenvalue weighted by Crippen LogP contribution is 2.23. The third kappa shape index (κ3) is 5.25. The summed E-state index contributed by atoms with van der Waals surface area (Å²) in [5.41, 5.74) is 0.336. The predicted octanol–water partition coefficient (Wildman–Crippen LogP) is 2.51. The minimum Gasteiger partial charge on any atom is -0.382 e. The van der Waals surface area contributed by atoms with Crippen LogP contribution in [0.5, 0.6) is 0 Å². The van der Waals surface area contributed by atoms with Gasteiger partial charge in [-0.2, -0.15) is 0 Å². The standard InChI is InChI=1S/C15H32N2O/c1-6-18-11-7-10-17-12-14(15(3,4)5)16-9-8-13(17)2/h13-14,16H,6-12H2,1-5H3. The van der Waals surface area contributed by atoms with Crippen LogP contribution in [0.4, 0.5) is 0 Å². The summed E-state index contributed by atoms with van der Waals surface area (Å²) in [5.74, 6) is 0. The molecular formula is C15H32N2O. The average Bonchev–Trinajstić information content (AvgIpc) is 2.47. The van der Waals surface area contributed by atoms with Gasteiger partial charge in [-0.25, -0.2) is 0 Å². The van der Waals surface area contributed by atoms with E-state index < -0.39 is 0 Å². The second kappa shape index (κ2) is 7.46. The Hall–Kier alpha value is -0.120. The first-order chi connectivity index (χ1) is 8.45. The summed E-state index contributed by atoms with van der Waals surface area (Å²) < 4.78 is 5.44. The quantitative estimate of drug-likeness (QED) is 0.765. The third-order valence-corrected chi connectivity index (χ3v) is 3.98. The van der Waals surface area contributed by atoms with E-state index in [1.165, 1.54) is 6.42 Å². The lowest BCUT2D eigenvalue weighted by Gasteiger charge is -2.35. The highest BCUT2D eigenvalue weighted by Gasteiger charge is 2.30. The van der Waals surface area contributed by atoms with Crippen LogP contribution in [0, 0.1) is 5.41 Å². The lowest BCUT2D eigenvalue weighted by molar-refractivity contribution is 0.114. The summed E-state index contributed by atoms with van der Waals surface area (Å²) in [6.07, 6.45) is 2.40. The van der Waals surface area contributed by atoms with Crippen molar-refractivity contribution in [3.8, 4) is 0 Å². The molecule has 0 aromatic rings. The first-order valence-corrected chi connectivity index (χ1v) is 7.50. The number of rotatable bonds is 5. The van der Waals surface area contributed by atoms with Crippen LogP contribution in [0.25, 0.3) is 0 Å². The highest BCUT2D eigenvalue weighted by atomic mass is 16.5. The van der Waals surface area contributed by atoms with E-state index in [2.05, 4.69) is 44.8 Å². The van der Waals surface area contributed by atoms with Crippen LogP contribution >= 0.6 is 0 Å². The van der Waals surface area contributed by atoms with Crippen molar-refractivity contribution < 1.29 is 4.74 Å². The van der Waals surface area contributed by atoms with Crippen LogP contribution in [-0.2, 0) is 4.74 Å². The molecule has 0 aromatic carbocycles. The fourth-order valence-electron chi connectivity index (χ4n) is 2.53. The summed E-state index contributed by atoms with van der Waals surface area (Å²) in [6.45, 7) is 16.6. The van der Waals surface area contributed by atoms with Gasteiger partial charge in [0, 0.05) is 38.4 Å². The van der Waals surface area contributed by atoms with Gasteiger partial charge in [0.1, 0.15) is 0 Å². The zero-order valence-corrected chi connectivity index (χ0v) is 13.0. The maximum atomic E-state index is 5.44. The minimum absolute atomic E-state index is 0.336. The maximum Gasteiger partial charge on any atom is 0.0478 e. The normalized spacial score (nSPS) is 27.2. The molecule has 2 atom stereocenters. The van der Waals surface area contributed by atoms with Gasteiger partial charge in [-0.1, -0.05) is 20.8 Å². The van der Waals surface area contributed by atoms with Gasteiger partial charge < -0.3 is 10.1 Å². The lowest BCUT2D eigenvalue weighted by atomic mass is 9.86. The Kier molecular flexibility index (Phi) is 6.61. The molecule has 0 bridgehead atoms. The lowest BCUT2D eigenvalue weighted by Crippen LogP contribution is -2.47. The summed E-state index contributed by atoms with van der Waals surface area (Å²) in [6, 6.07) is 1.28. The van der Waals surface area contributed by atoms with Crippen LogP contribution in [0.3, 0.4) is 0 Å². The van der Waals surface area contributed by atoms with E-state index in [-0.39, 0.29) is 0 Å². The first kappa shape index (κ1) is 15.9. The van der Waals surface area contributed by atoms with E-state index in [0.29, 0.717) is 17.5 Å². The van der Waals surface area contributed by atoms with E-state index in [4.69, 9.17) is 4.74 Å². The van der Waals surface area contributed by atoms with Crippen molar-refractivity contribution in [2.45, 2.75) is 59.5 Å². The van der Waals surface area contributed by atoms with Crippen LogP contribution in [0.2, 0.25) is 0 Å². The van der Waals surface area contributed by atoms with Crippen LogP contribution < -0.4 is 5.32 Å². The van der Waals surface area contributed by atoms with Crippen molar-refractivity contribution in [2.75, 3.05) is 32.8 Å². The van der Waals surface area contributed by atoms with Gasteiger partial charge in [0.2, 0.25) is 0 Å². The zero-order chi connectivity index (χ0) is 13.6. The maximum absolute atomic E-state index is 5.44. The topological polar surface area (TPSA) is 24.5 Å². The number of nitrogens with zero attached hydrogens (tertiary/aromatic N) is 1. The number of hydrogen-bond acceptors (Lipinski definition) is 3. The highest BCUT2D eigenvalue weighted by molar-refractivity contribution is 4.88. The smallest absolute Gasteiger partial charge is 0.0478 e. The Balaban J connectivity index is 2.46. The van der Waals surface area contributed by atoms with Gasteiger partial charge in [-0.05, 0) is 38.6 Å². The van der Waals surface area contributed by atoms with Crippen LogP contribution in [-0.4, -0.2) is 49.8 Å². The Labute approximate surface area is 113 Å². The Morgan fingerprint density at radius 3 is 2.67 bits per heavy atom. The molecule has 2 unspecified atom stereocenters. The fourth-order valence-corrected chi connectivity index (χ4v) is 2.53. The molecule has 1 rings (SSSR count). The zero-order valence-electron chi connectivity index (χ0n) is 13.0. The van der Waals surface area contributed by atoms with Gasteiger partial charge in [0.05, 0.1) is 0 Å². The van der Waals surface area contributed by atoms with Crippen molar-refractivity contribution in [3.63, 3.8) is 0 Å². The Morgan fingerprint density at radius 2 is 2.06 bits per heavy atom. The molecule has 0 radical (unpaired) electrons. The second-order valence-electron chi connectivity index (χ2n) is 6.56. The first-order valence-electron chi connectivity index (χ1n) is 7.50. The molecule has 1 aliphatic heterocycles. The third-order valence-electron chi connectivity index (χ3n) is 3.98. The van der Waals surface area contributed by atoms with Crippen molar-refractivity contribution in [1.82, 2.24) is 10.2 Å². The molecule has 3 nitrogen and oxygen atoms in total. The molecule has 1 heterocycles. The summed E-state index contributed by atoms with van der Waals surface area (Å²) in [4.78, 5) is 2.63. The molecule has 0 saturated carbocycles. The molecule has 18 heavy (non-hydrogen) atoms. The number of ether oxygens (including phenoxy) is 1. The van der Waals surface area contributed by atoms with Gasteiger partial charge in [0.25, 0.3) is 0 Å². The van der Waals surface area contributed by atoms with Gasteiger partial charge in [-0.3, -0.25) is 4.90 Å². The molecule has 0 aromatic heterocycles. The van der Waals surface area contributed by atoms with Crippen molar-refractivity contribution in [1.29, 1.82) is 0 Å². The molecular weight excluding hydrogens is 224 g/mol. The van der Waals surface area contributed by atoms with Crippen molar-refractivity contribution >= 4 is 0 Å². The molecule has 0 amide bonds. The van der Waals surface area contributed by atoms with Crippen molar-refractivity contribution in [3.05, 3.63) is 0 Å². The van der Waals surface area contributed by atoms with Crippen LogP contribution in [0.1, 0.15) is 47.5 Å².